The van der Waals surface area contributed by atoms with Crippen LogP contribution >= 0.6 is 0 Å². The summed E-state index contributed by atoms with van der Waals surface area (Å²) >= 11 is 0. The summed E-state index contributed by atoms with van der Waals surface area (Å²) in [5.74, 6) is -0.311. The molecule has 0 aliphatic rings. The fourth-order valence-corrected chi connectivity index (χ4v) is 1.75. The minimum atomic E-state index is -0.311. The van der Waals surface area contributed by atoms with Crippen molar-refractivity contribution in [3.05, 3.63) is 65.2 Å². The highest BCUT2D eigenvalue weighted by atomic mass is 16.5. The van der Waals surface area contributed by atoms with Gasteiger partial charge in [-0.25, -0.2) is 4.79 Å². The Morgan fingerprint density at radius 2 is 1.50 bits per heavy atom. The number of carbonyl (C=O) groups excluding carboxylic acids is 1. The monoisotopic (exact) mass is 241 g/mol. The Labute approximate surface area is 106 Å². The molecule has 0 aliphatic heterocycles. The minimum Gasteiger partial charge on any atom is -0.465 e. The Kier molecular flexibility index (Phi) is 3.63. The van der Waals surface area contributed by atoms with Gasteiger partial charge in [0.15, 0.2) is 0 Å². The summed E-state index contributed by atoms with van der Waals surface area (Å²) in [5, 5.41) is 0. The van der Waals surface area contributed by atoms with Gasteiger partial charge in [0.05, 0.1) is 12.7 Å². The Hall–Kier alpha value is -2.29. The lowest BCUT2D eigenvalue weighted by atomic mass is 10.0. The molecule has 2 N–H and O–H groups in total. The first kappa shape index (κ1) is 12.2. The zero-order chi connectivity index (χ0) is 13.0. The number of carbonyl (C=O) groups is 1. The summed E-state index contributed by atoms with van der Waals surface area (Å²) in [5.41, 5.74) is 9.30. The van der Waals surface area contributed by atoms with Crippen molar-refractivity contribution in [2.45, 2.75) is 6.42 Å². The topological polar surface area (TPSA) is 52.3 Å². The molecule has 0 unspecified atom stereocenters. The van der Waals surface area contributed by atoms with Crippen LogP contribution in [0.1, 0.15) is 21.5 Å². The molecule has 2 aromatic carbocycles. The van der Waals surface area contributed by atoms with Crippen LogP contribution in [0.25, 0.3) is 0 Å². The molecule has 0 aliphatic carbocycles. The number of esters is 1. The number of hydrogen-bond donors (Lipinski definition) is 1. The normalized spacial score (nSPS) is 10.1. The molecule has 0 bridgehead atoms. The minimum absolute atomic E-state index is 0.311. The van der Waals surface area contributed by atoms with Crippen molar-refractivity contribution in [3.8, 4) is 0 Å². The maximum Gasteiger partial charge on any atom is 0.337 e. The van der Waals surface area contributed by atoms with Gasteiger partial charge in [-0.05, 0) is 41.8 Å². The molecule has 0 atom stereocenters. The van der Waals surface area contributed by atoms with Crippen LogP contribution in [0, 0.1) is 0 Å². The van der Waals surface area contributed by atoms with Crippen LogP contribution in [0.4, 0.5) is 5.69 Å². The van der Waals surface area contributed by atoms with E-state index in [1.165, 1.54) is 12.7 Å². The Balaban J connectivity index is 2.10. The molecule has 0 spiro atoms. The smallest absolute Gasteiger partial charge is 0.337 e. The van der Waals surface area contributed by atoms with Crippen LogP contribution in [0.2, 0.25) is 0 Å². The third-order valence-corrected chi connectivity index (χ3v) is 2.76. The third-order valence-electron chi connectivity index (χ3n) is 2.76. The van der Waals surface area contributed by atoms with Gasteiger partial charge in [0.2, 0.25) is 0 Å². The molecular weight excluding hydrogens is 226 g/mol. The molecule has 0 heterocycles. The van der Waals surface area contributed by atoms with E-state index < -0.39 is 0 Å². The molecule has 2 rings (SSSR count). The molecular formula is C15H15NO2. The molecule has 2 aromatic rings. The summed E-state index contributed by atoms with van der Waals surface area (Å²) in [6.07, 6.45) is 0.821. The van der Waals surface area contributed by atoms with E-state index in [9.17, 15) is 4.79 Å². The summed E-state index contributed by atoms with van der Waals surface area (Å²) < 4.78 is 4.65. The van der Waals surface area contributed by atoms with Crippen molar-refractivity contribution in [1.82, 2.24) is 0 Å². The van der Waals surface area contributed by atoms with Crippen LogP contribution in [0.5, 0.6) is 0 Å². The standard InChI is InChI=1S/C15H15NO2/c1-18-15(17)13-6-2-11(3-7-13)10-12-4-8-14(16)9-5-12/h2-9H,10,16H2,1H3. The molecule has 0 saturated carbocycles. The van der Waals surface area contributed by atoms with Gasteiger partial charge in [-0.3, -0.25) is 0 Å². The summed E-state index contributed by atoms with van der Waals surface area (Å²) in [7, 11) is 1.38. The van der Waals surface area contributed by atoms with Crippen molar-refractivity contribution in [2.75, 3.05) is 12.8 Å². The Morgan fingerprint density at radius 3 is 2.00 bits per heavy atom. The van der Waals surface area contributed by atoms with Gasteiger partial charge in [0, 0.05) is 5.69 Å². The van der Waals surface area contributed by atoms with Gasteiger partial charge in [-0.2, -0.15) is 0 Å². The zero-order valence-corrected chi connectivity index (χ0v) is 10.2. The third kappa shape index (κ3) is 2.88. The zero-order valence-electron chi connectivity index (χ0n) is 10.2. The maximum absolute atomic E-state index is 11.3. The average molecular weight is 241 g/mol. The number of benzene rings is 2. The lowest BCUT2D eigenvalue weighted by Crippen LogP contribution is -2.01. The summed E-state index contributed by atoms with van der Waals surface area (Å²) in [6.45, 7) is 0. The number of hydrogen-bond acceptors (Lipinski definition) is 3. The van der Waals surface area contributed by atoms with Gasteiger partial charge in [-0.1, -0.05) is 24.3 Å². The summed E-state index contributed by atoms with van der Waals surface area (Å²) in [4.78, 5) is 11.3. The van der Waals surface area contributed by atoms with E-state index >= 15 is 0 Å². The number of anilines is 1. The SMILES string of the molecule is COC(=O)c1ccc(Cc2ccc(N)cc2)cc1. The van der Waals surface area contributed by atoms with Crippen LogP contribution in [-0.4, -0.2) is 13.1 Å². The van der Waals surface area contributed by atoms with Crippen molar-refractivity contribution >= 4 is 11.7 Å². The van der Waals surface area contributed by atoms with E-state index in [0.717, 1.165) is 17.7 Å². The molecule has 18 heavy (non-hydrogen) atoms. The van der Waals surface area contributed by atoms with Gasteiger partial charge in [0.1, 0.15) is 0 Å². The van der Waals surface area contributed by atoms with Gasteiger partial charge >= 0.3 is 5.97 Å². The first-order chi connectivity index (χ1) is 8.69. The van der Waals surface area contributed by atoms with E-state index in [4.69, 9.17) is 5.73 Å². The first-order valence-electron chi connectivity index (χ1n) is 5.71. The molecule has 0 aromatic heterocycles. The van der Waals surface area contributed by atoms with Crippen molar-refractivity contribution in [3.63, 3.8) is 0 Å². The number of rotatable bonds is 3. The van der Waals surface area contributed by atoms with E-state index in [1.807, 2.05) is 36.4 Å². The van der Waals surface area contributed by atoms with Crippen LogP contribution in [-0.2, 0) is 11.2 Å². The number of nitrogens with two attached hydrogens (primary N) is 1. The number of methoxy groups -OCH3 is 1. The predicted molar refractivity (Wildman–Crippen MR) is 71.4 cm³/mol. The second-order valence-electron chi connectivity index (χ2n) is 4.11. The van der Waals surface area contributed by atoms with Crippen LogP contribution in [0.15, 0.2) is 48.5 Å². The lowest BCUT2D eigenvalue weighted by Gasteiger charge is -2.04. The first-order valence-corrected chi connectivity index (χ1v) is 5.71. The van der Waals surface area contributed by atoms with Crippen molar-refractivity contribution < 1.29 is 9.53 Å². The van der Waals surface area contributed by atoms with E-state index in [1.54, 1.807) is 12.1 Å². The van der Waals surface area contributed by atoms with Crippen molar-refractivity contribution in [1.29, 1.82) is 0 Å². The molecule has 92 valence electrons. The fraction of sp³-hybridized carbons (Fsp3) is 0.133. The highest BCUT2D eigenvalue weighted by Crippen LogP contribution is 2.13. The molecule has 0 radical (unpaired) electrons. The van der Waals surface area contributed by atoms with Crippen LogP contribution in [0.3, 0.4) is 0 Å². The maximum atomic E-state index is 11.3. The summed E-state index contributed by atoms with van der Waals surface area (Å²) in [6, 6.07) is 15.2. The van der Waals surface area contributed by atoms with E-state index in [-0.39, 0.29) is 5.97 Å². The Morgan fingerprint density at radius 1 is 1.00 bits per heavy atom. The molecule has 3 heteroatoms. The second-order valence-corrected chi connectivity index (χ2v) is 4.11. The molecule has 0 amide bonds. The van der Waals surface area contributed by atoms with Crippen molar-refractivity contribution in [2.24, 2.45) is 0 Å². The number of ether oxygens (including phenoxy) is 1. The quantitative estimate of drug-likeness (QED) is 0.664. The fourth-order valence-electron chi connectivity index (χ4n) is 1.75. The molecule has 0 saturated heterocycles. The molecule has 3 nitrogen and oxygen atoms in total. The van der Waals surface area contributed by atoms with Gasteiger partial charge in [-0.15, -0.1) is 0 Å². The van der Waals surface area contributed by atoms with E-state index in [2.05, 4.69) is 4.74 Å². The second kappa shape index (κ2) is 5.36. The largest absolute Gasteiger partial charge is 0.465 e. The van der Waals surface area contributed by atoms with E-state index in [0.29, 0.717) is 5.56 Å². The Bertz CT molecular complexity index is 529. The highest BCUT2D eigenvalue weighted by molar-refractivity contribution is 5.89. The van der Waals surface area contributed by atoms with Crippen LogP contribution < -0.4 is 5.73 Å². The number of nitrogen functional groups attached to an aromatic ring is 1. The highest BCUT2D eigenvalue weighted by Gasteiger charge is 2.04. The van der Waals surface area contributed by atoms with Gasteiger partial charge < -0.3 is 10.5 Å². The average Bonchev–Trinajstić information content (AvgIpc) is 2.41. The molecule has 0 fully saturated rings. The predicted octanol–water partition coefficient (Wildman–Crippen LogP) is 2.65. The lowest BCUT2D eigenvalue weighted by molar-refractivity contribution is 0.0600. The van der Waals surface area contributed by atoms with Gasteiger partial charge in [0.25, 0.3) is 0 Å².